The lowest BCUT2D eigenvalue weighted by Crippen LogP contribution is -2.27. The minimum atomic E-state index is -0.160. The summed E-state index contributed by atoms with van der Waals surface area (Å²) < 4.78 is 22.2. The Kier molecular flexibility index (Phi) is 13.2. The zero-order valence-electron chi connectivity index (χ0n) is 14.4. The second-order valence-electron chi connectivity index (χ2n) is 5.46. The highest BCUT2D eigenvalue weighted by Crippen LogP contribution is 2.02. The van der Waals surface area contributed by atoms with Gasteiger partial charge in [0.1, 0.15) is 6.10 Å². The molecule has 0 aromatic carbocycles. The molecule has 0 aliphatic heterocycles. The first-order valence-electron chi connectivity index (χ1n) is 7.86. The molecule has 0 aliphatic carbocycles. The topological polar surface area (TPSA) is 57.2 Å². The van der Waals surface area contributed by atoms with Gasteiger partial charge in [-0.25, -0.2) is 0 Å². The molecule has 22 heavy (non-hydrogen) atoms. The van der Waals surface area contributed by atoms with E-state index in [1.807, 2.05) is 39.8 Å². The molecule has 0 radical (unpaired) electrons. The van der Waals surface area contributed by atoms with Crippen molar-refractivity contribution in [2.75, 3.05) is 26.4 Å². The second kappa shape index (κ2) is 13.8. The highest BCUT2D eigenvalue weighted by Gasteiger charge is 2.10. The van der Waals surface area contributed by atoms with Gasteiger partial charge >= 0.3 is 0 Å². The van der Waals surface area contributed by atoms with Crippen molar-refractivity contribution in [3.63, 3.8) is 0 Å². The Morgan fingerprint density at radius 1 is 0.864 bits per heavy atom. The van der Waals surface area contributed by atoms with Gasteiger partial charge in [-0.05, 0) is 40.2 Å². The second-order valence-corrected chi connectivity index (χ2v) is 5.46. The Balaban J connectivity index is 3.67. The molecule has 0 aliphatic rings. The van der Waals surface area contributed by atoms with E-state index in [-0.39, 0.29) is 31.0 Å². The van der Waals surface area contributed by atoms with Gasteiger partial charge in [-0.2, -0.15) is 0 Å². The molecule has 0 rings (SSSR count). The molecule has 0 aromatic heterocycles. The van der Waals surface area contributed by atoms with Crippen LogP contribution in [0.1, 0.15) is 34.1 Å². The Bertz CT molecular complexity index is 293. The summed E-state index contributed by atoms with van der Waals surface area (Å²) in [4.78, 5) is 0. The average molecular weight is 316 g/mol. The van der Waals surface area contributed by atoms with Crippen LogP contribution in [0.5, 0.6) is 0 Å². The largest absolute Gasteiger partial charge is 0.496 e. The van der Waals surface area contributed by atoms with Crippen molar-refractivity contribution in [3.8, 4) is 0 Å². The first kappa shape index (κ1) is 21.1. The number of hydrogen-bond donors (Lipinski definition) is 1. The summed E-state index contributed by atoms with van der Waals surface area (Å²) in [5.74, 6) is 0. The van der Waals surface area contributed by atoms with E-state index < -0.39 is 0 Å². The maximum Gasteiger partial charge on any atom is 0.118 e. The van der Waals surface area contributed by atoms with Gasteiger partial charge in [0.25, 0.3) is 0 Å². The molecule has 0 heterocycles. The van der Waals surface area contributed by atoms with Crippen molar-refractivity contribution in [2.24, 2.45) is 0 Å². The third kappa shape index (κ3) is 12.8. The molecular formula is C17H32O5. The summed E-state index contributed by atoms with van der Waals surface area (Å²) >= 11 is 0. The first-order valence-corrected chi connectivity index (χ1v) is 7.86. The van der Waals surface area contributed by atoms with Gasteiger partial charge in [0.05, 0.1) is 51.0 Å². The van der Waals surface area contributed by atoms with E-state index in [0.29, 0.717) is 19.8 Å². The van der Waals surface area contributed by atoms with E-state index in [1.165, 1.54) is 0 Å². The Morgan fingerprint density at radius 3 is 1.86 bits per heavy atom. The van der Waals surface area contributed by atoms with Crippen LogP contribution < -0.4 is 0 Å². The van der Waals surface area contributed by atoms with Crippen molar-refractivity contribution >= 4 is 0 Å². The fourth-order valence-electron chi connectivity index (χ4n) is 1.43. The summed E-state index contributed by atoms with van der Waals surface area (Å²) in [6, 6.07) is 0. The van der Waals surface area contributed by atoms with Gasteiger partial charge in [-0.15, -0.1) is 6.58 Å². The van der Waals surface area contributed by atoms with Crippen LogP contribution in [0.4, 0.5) is 0 Å². The number of aliphatic hydroxyl groups is 1. The summed E-state index contributed by atoms with van der Waals surface area (Å²) in [6.07, 6.45) is 5.99. The normalized spacial score (nSPS) is 17.1. The molecule has 5 nitrogen and oxygen atoms in total. The fourth-order valence-corrected chi connectivity index (χ4v) is 1.43. The number of aliphatic hydroxyl groups excluding tert-OH is 1. The molecule has 5 heteroatoms. The summed E-state index contributed by atoms with van der Waals surface area (Å²) in [5.41, 5.74) is 0. The van der Waals surface area contributed by atoms with Crippen LogP contribution in [0.3, 0.4) is 0 Å². The maximum absolute atomic E-state index is 8.87. The standard InChI is InChI=1S/C17H32O5/c1-6-7-8-9-19-15(3)11-21-17(5)13-22-16(4)12-20-14(2)10-18/h6,8-9,14-18H,1,7,10-13H2,2-5H3. The van der Waals surface area contributed by atoms with E-state index in [1.54, 1.807) is 6.26 Å². The highest BCUT2D eigenvalue weighted by atomic mass is 16.6. The molecule has 130 valence electrons. The van der Waals surface area contributed by atoms with E-state index in [9.17, 15) is 0 Å². The van der Waals surface area contributed by atoms with Crippen molar-refractivity contribution in [3.05, 3.63) is 25.0 Å². The van der Waals surface area contributed by atoms with E-state index in [0.717, 1.165) is 6.42 Å². The predicted molar refractivity (Wildman–Crippen MR) is 87.8 cm³/mol. The van der Waals surface area contributed by atoms with Crippen LogP contribution in [0, 0.1) is 0 Å². The molecule has 0 amide bonds. The summed E-state index contributed by atoms with van der Waals surface area (Å²) in [5, 5.41) is 8.87. The average Bonchev–Trinajstić information content (AvgIpc) is 2.52. The van der Waals surface area contributed by atoms with Crippen LogP contribution in [-0.2, 0) is 18.9 Å². The van der Waals surface area contributed by atoms with E-state index in [4.69, 9.17) is 24.1 Å². The smallest absolute Gasteiger partial charge is 0.118 e. The Labute approximate surface area is 134 Å². The monoisotopic (exact) mass is 316 g/mol. The van der Waals surface area contributed by atoms with Gasteiger partial charge in [-0.1, -0.05) is 6.08 Å². The number of ether oxygens (including phenoxy) is 4. The Hall–Kier alpha value is -0.880. The lowest BCUT2D eigenvalue weighted by Gasteiger charge is -2.20. The molecule has 0 spiro atoms. The lowest BCUT2D eigenvalue weighted by atomic mass is 10.3. The summed E-state index contributed by atoms with van der Waals surface area (Å²) in [6.45, 7) is 12.8. The SMILES string of the molecule is C=CCC=COC(C)COC(C)COC(C)COC(C)CO. The van der Waals surface area contributed by atoms with Gasteiger partial charge in [0.15, 0.2) is 0 Å². The minimum absolute atomic E-state index is 0.00493. The summed E-state index contributed by atoms with van der Waals surface area (Å²) in [7, 11) is 0. The number of rotatable bonds is 14. The molecular weight excluding hydrogens is 284 g/mol. The van der Waals surface area contributed by atoms with Crippen LogP contribution in [0.15, 0.2) is 25.0 Å². The molecule has 0 fully saturated rings. The van der Waals surface area contributed by atoms with Crippen LogP contribution in [-0.4, -0.2) is 55.9 Å². The first-order chi connectivity index (χ1) is 10.5. The van der Waals surface area contributed by atoms with Crippen molar-refractivity contribution in [1.29, 1.82) is 0 Å². The Morgan fingerprint density at radius 2 is 1.36 bits per heavy atom. The molecule has 4 unspecified atom stereocenters. The van der Waals surface area contributed by atoms with Gasteiger partial charge in [0, 0.05) is 0 Å². The molecule has 0 bridgehead atoms. The molecule has 4 atom stereocenters. The van der Waals surface area contributed by atoms with Crippen molar-refractivity contribution < 1.29 is 24.1 Å². The number of hydrogen-bond acceptors (Lipinski definition) is 5. The van der Waals surface area contributed by atoms with Crippen molar-refractivity contribution in [2.45, 2.75) is 58.5 Å². The molecule has 0 saturated carbocycles. The quantitative estimate of drug-likeness (QED) is 0.394. The zero-order valence-corrected chi connectivity index (χ0v) is 14.4. The van der Waals surface area contributed by atoms with E-state index >= 15 is 0 Å². The predicted octanol–water partition coefficient (Wildman–Crippen LogP) is 2.69. The van der Waals surface area contributed by atoms with Crippen LogP contribution >= 0.6 is 0 Å². The highest BCUT2D eigenvalue weighted by molar-refractivity contribution is 4.83. The molecule has 0 aromatic rings. The third-order valence-corrected chi connectivity index (χ3v) is 2.81. The van der Waals surface area contributed by atoms with Crippen LogP contribution in [0.2, 0.25) is 0 Å². The third-order valence-electron chi connectivity index (χ3n) is 2.81. The van der Waals surface area contributed by atoms with Crippen LogP contribution in [0.25, 0.3) is 0 Å². The van der Waals surface area contributed by atoms with Gasteiger partial charge in [0.2, 0.25) is 0 Å². The molecule has 1 N–H and O–H groups in total. The van der Waals surface area contributed by atoms with E-state index in [2.05, 4.69) is 6.58 Å². The van der Waals surface area contributed by atoms with Gasteiger partial charge < -0.3 is 24.1 Å². The zero-order chi connectivity index (χ0) is 16.8. The minimum Gasteiger partial charge on any atom is -0.496 e. The maximum atomic E-state index is 8.87. The number of allylic oxidation sites excluding steroid dienone is 2. The fraction of sp³-hybridized carbons (Fsp3) is 0.765. The molecule has 0 saturated heterocycles. The van der Waals surface area contributed by atoms with Gasteiger partial charge in [-0.3, -0.25) is 0 Å². The van der Waals surface area contributed by atoms with Crippen molar-refractivity contribution in [1.82, 2.24) is 0 Å². The lowest BCUT2D eigenvalue weighted by molar-refractivity contribution is -0.0833.